The van der Waals surface area contributed by atoms with Crippen molar-refractivity contribution in [2.24, 2.45) is 0 Å². The summed E-state index contributed by atoms with van der Waals surface area (Å²) in [5.74, 6) is 1.22. The highest BCUT2D eigenvalue weighted by atomic mass is 16.5. The Kier molecular flexibility index (Phi) is 3.91. The van der Waals surface area contributed by atoms with E-state index in [-0.39, 0.29) is 5.75 Å². The molecule has 0 bridgehead atoms. The van der Waals surface area contributed by atoms with Gasteiger partial charge in [-0.2, -0.15) is 4.98 Å². The fourth-order valence-corrected chi connectivity index (χ4v) is 3.08. The highest BCUT2D eigenvalue weighted by Crippen LogP contribution is 2.26. The Labute approximate surface area is 140 Å². The summed E-state index contributed by atoms with van der Waals surface area (Å²) in [4.78, 5) is 4.43. The summed E-state index contributed by atoms with van der Waals surface area (Å²) in [6.07, 6.45) is 5.14. The highest BCUT2D eigenvalue weighted by molar-refractivity contribution is 5.62. The van der Waals surface area contributed by atoms with E-state index in [0.29, 0.717) is 17.8 Å². The van der Waals surface area contributed by atoms with Crippen LogP contribution in [0.25, 0.3) is 22.8 Å². The first-order valence-electron chi connectivity index (χ1n) is 8.28. The van der Waals surface area contributed by atoms with Crippen molar-refractivity contribution in [1.29, 1.82) is 0 Å². The third-order valence-electron chi connectivity index (χ3n) is 4.41. The predicted molar refractivity (Wildman–Crippen MR) is 92.7 cm³/mol. The molecule has 1 fully saturated rings. The molecule has 24 heavy (non-hydrogen) atoms. The van der Waals surface area contributed by atoms with Gasteiger partial charge in [-0.15, -0.1) is 0 Å². The van der Waals surface area contributed by atoms with E-state index >= 15 is 0 Å². The Morgan fingerprint density at radius 3 is 2.29 bits per heavy atom. The van der Waals surface area contributed by atoms with Crippen molar-refractivity contribution in [3.63, 3.8) is 0 Å². The van der Waals surface area contributed by atoms with E-state index in [4.69, 9.17) is 4.52 Å². The van der Waals surface area contributed by atoms with Crippen LogP contribution in [0.15, 0.2) is 53.1 Å². The van der Waals surface area contributed by atoms with E-state index in [9.17, 15) is 5.11 Å². The van der Waals surface area contributed by atoms with E-state index in [1.807, 2.05) is 12.1 Å². The van der Waals surface area contributed by atoms with Gasteiger partial charge in [0.05, 0.1) is 0 Å². The number of nitrogens with one attached hydrogen (secondary N) is 1. The van der Waals surface area contributed by atoms with Gasteiger partial charge in [0.1, 0.15) is 5.75 Å². The van der Waals surface area contributed by atoms with Crippen LogP contribution in [-0.4, -0.2) is 21.3 Å². The van der Waals surface area contributed by atoms with Gasteiger partial charge in [0.25, 0.3) is 5.89 Å². The number of hydrogen-bond donors (Lipinski definition) is 2. The molecular weight excluding hydrogens is 302 g/mol. The molecule has 0 saturated heterocycles. The molecule has 122 valence electrons. The van der Waals surface area contributed by atoms with Crippen LogP contribution in [0.5, 0.6) is 5.75 Å². The second-order valence-electron chi connectivity index (χ2n) is 6.17. The van der Waals surface area contributed by atoms with Gasteiger partial charge in [0, 0.05) is 22.9 Å². The lowest BCUT2D eigenvalue weighted by Gasteiger charge is -2.13. The first kappa shape index (κ1) is 14.8. The van der Waals surface area contributed by atoms with Crippen molar-refractivity contribution in [3.8, 4) is 28.6 Å². The lowest BCUT2D eigenvalue weighted by atomic mass is 10.1. The molecule has 3 aromatic rings. The van der Waals surface area contributed by atoms with Crippen LogP contribution in [0, 0.1) is 0 Å². The SMILES string of the molecule is Oc1ccc(-c2nc(-c3ccc(NC4CCCC4)cc3)no2)cc1. The molecule has 0 atom stereocenters. The minimum absolute atomic E-state index is 0.212. The van der Waals surface area contributed by atoms with Gasteiger partial charge < -0.3 is 14.9 Å². The molecular formula is C19H19N3O2. The molecule has 0 amide bonds. The normalized spacial score (nSPS) is 14.8. The van der Waals surface area contributed by atoms with Crippen molar-refractivity contribution in [2.45, 2.75) is 31.7 Å². The summed E-state index contributed by atoms with van der Waals surface area (Å²) < 4.78 is 5.32. The Morgan fingerprint density at radius 2 is 1.58 bits per heavy atom. The van der Waals surface area contributed by atoms with Crippen LogP contribution in [0.3, 0.4) is 0 Å². The van der Waals surface area contributed by atoms with Crippen LogP contribution in [0.4, 0.5) is 5.69 Å². The molecule has 1 aromatic heterocycles. The van der Waals surface area contributed by atoms with Gasteiger partial charge in [0.2, 0.25) is 5.82 Å². The van der Waals surface area contributed by atoms with Crippen molar-refractivity contribution in [3.05, 3.63) is 48.5 Å². The molecule has 5 heteroatoms. The van der Waals surface area contributed by atoms with Crippen molar-refractivity contribution < 1.29 is 9.63 Å². The zero-order valence-corrected chi connectivity index (χ0v) is 13.3. The number of aromatic nitrogens is 2. The first-order valence-corrected chi connectivity index (χ1v) is 8.28. The topological polar surface area (TPSA) is 71.2 Å². The average Bonchev–Trinajstić information content (AvgIpc) is 3.28. The molecule has 5 nitrogen and oxygen atoms in total. The standard InChI is InChI=1S/C19H19N3O2/c23-17-11-7-14(8-12-17)19-21-18(22-24-19)13-5-9-16(10-6-13)20-15-3-1-2-4-15/h5-12,15,20,23H,1-4H2. The highest BCUT2D eigenvalue weighted by Gasteiger charge is 2.15. The quantitative estimate of drug-likeness (QED) is 0.742. The van der Waals surface area contributed by atoms with E-state index in [1.165, 1.54) is 25.7 Å². The van der Waals surface area contributed by atoms with E-state index in [1.54, 1.807) is 24.3 Å². The van der Waals surface area contributed by atoms with E-state index in [2.05, 4.69) is 27.6 Å². The van der Waals surface area contributed by atoms with Crippen LogP contribution >= 0.6 is 0 Å². The summed E-state index contributed by atoms with van der Waals surface area (Å²) in [6.45, 7) is 0. The Morgan fingerprint density at radius 1 is 0.917 bits per heavy atom. The van der Waals surface area contributed by atoms with Crippen molar-refractivity contribution in [1.82, 2.24) is 10.1 Å². The van der Waals surface area contributed by atoms with E-state index in [0.717, 1.165) is 16.8 Å². The van der Waals surface area contributed by atoms with Gasteiger partial charge in [-0.25, -0.2) is 0 Å². The summed E-state index contributed by atoms with van der Waals surface area (Å²) in [5, 5.41) is 17.0. The summed E-state index contributed by atoms with van der Waals surface area (Å²) in [7, 11) is 0. The molecule has 0 radical (unpaired) electrons. The average molecular weight is 321 g/mol. The number of phenols is 1. The molecule has 2 aromatic carbocycles. The fraction of sp³-hybridized carbons (Fsp3) is 0.263. The molecule has 1 heterocycles. The molecule has 1 aliphatic carbocycles. The van der Waals surface area contributed by atoms with Gasteiger partial charge in [-0.1, -0.05) is 18.0 Å². The number of hydrogen-bond acceptors (Lipinski definition) is 5. The molecule has 0 aliphatic heterocycles. The van der Waals surface area contributed by atoms with Gasteiger partial charge in [-0.3, -0.25) is 0 Å². The summed E-state index contributed by atoms with van der Waals surface area (Å²) in [5.41, 5.74) is 2.83. The Bertz CT molecular complexity index is 803. The smallest absolute Gasteiger partial charge is 0.258 e. The monoisotopic (exact) mass is 321 g/mol. The number of anilines is 1. The zero-order chi connectivity index (χ0) is 16.4. The summed E-state index contributed by atoms with van der Waals surface area (Å²) >= 11 is 0. The number of aromatic hydroxyl groups is 1. The Hall–Kier alpha value is -2.82. The van der Waals surface area contributed by atoms with Crippen LogP contribution in [0.2, 0.25) is 0 Å². The maximum absolute atomic E-state index is 9.34. The maximum atomic E-state index is 9.34. The number of rotatable bonds is 4. The molecule has 0 spiro atoms. The van der Waals surface area contributed by atoms with Gasteiger partial charge >= 0.3 is 0 Å². The third-order valence-corrected chi connectivity index (χ3v) is 4.41. The largest absolute Gasteiger partial charge is 0.508 e. The fourth-order valence-electron chi connectivity index (χ4n) is 3.08. The zero-order valence-electron chi connectivity index (χ0n) is 13.3. The maximum Gasteiger partial charge on any atom is 0.258 e. The number of benzene rings is 2. The molecule has 1 aliphatic rings. The van der Waals surface area contributed by atoms with Crippen molar-refractivity contribution >= 4 is 5.69 Å². The van der Waals surface area contributed by atoms with E-state index < -0.39 is 0 Å². The molecule has 2 N–H and O–H groups in total. The number of nitrogens with zero attached hydrogens (tertiary/aromatic N) is 2. The molecule has 0 unspecified atom stereocenters. The minimum atomic E-state index is 0.212. The Balaban J connectivity index is 1.50. The van der Waals surface area contributed by atoms with Crippen LogP contribution in [-0.2, 0) is 0 Å². The molecule has 1 saturated carbocycles. The first-order chi connectivity index (χ1) is 11.8. The van der Waals surface area contributed by atoms with Crippen LogP contribution in [0.1, 0.15) is 25.7 Å². The third kappa shape index (κ3) is 3.11. The van der Waals surface area contributed by atoms with Crippen molar-refractivity contribution in [2.75, 3.05) is 5.32 Å². The lowest BCUT2D eigenvalue weighted by Crippen LogP contribution is -2.14. The molecule has 4 rings (SSSR count). The van der Waals surface area contributed by atoms with Crippen LogP contribution < -0.4 is 5.32 Å². The lowest BCUT2D eigenvalue weighted by molar-refractivity contribution is 0.432. The van der Waals surface area contributed by atoms with Gasteiger partial charge in [-0.05, 0) is 61.4 Å². The predicted octanol–water partition coefficient (Wildman–Crippen LogP) is 4.46. The second kappa shape index (κ2) is 6.35. The minimum Gasteiger partial charge on any atom is -0.508 e. The second-order valence-corrected chi connectivity index (χ2v) is 6.17. The summed E-state index contributed by atoms with van der Waals surface area (Å²) in [6, 6.07) is 15.4. The number of phenolic OH excluding ortho intramolecular Hbond substituents is 1. The van der Waals surface area contributed by atoms with Gasteiger partial charge in [0.15, 0.2) is 0 Å².